The number of hydrogen-bond donors (Lipinski definition) is 1. The standard InChI is InChI=1S/C27H27NO6.H2/c1-16-5-7-18(12-19(16)20-13-23(31-3)24(32-4)14-22(20)30-2)28-26(29)27(9-10-27)17-6-8-21-25(11-17)34-15-33-21;/h5-8,11-14H,9-10,15H2,1-4H3,(H,28,29);1H. The molecule has 1 fully saturated rings. The highest BCUT2D eigenvalue weighted by Gasteiger charge is 2.51. The molecule has 3 aromatic carbocycles. The average molecular weight is 464 g/mol. The van der Waals surface area contributed by atoms with Crippen molar-refractivity contribution < 1.29 is 29.9 Å². The maximum atomic E-state index is 13.4. The van der Waals surface area contributed by atoms with Crippen molar-refractivity contribution in [3.63, 3.8) is 0 Å². The first-order chi connectivity index (χ1) is 16.5. The molecule has 3 aromatic rings. The van der Waals surface area contributed by atoms with E-state index in [1.807, 2.05) is 49.4 Å². The summed E-state index contributed by atoms with van der Waals surface area (Å²) in [5, 5.41) is 3.13. The van der Waals surface area contributed by atoms with Crippen LogP contribution in [0.25, 0.3) is 11.1 Å². The summed E-state index contributed by atoms with van der Waals surface area (Å²) in [5.74, 6) is 3.22. The topological polar surface area (TPSA) is 75.3 Å². The van der Waals surface area contributed by atoms with Crippen molar-refractivity contribution in [2.24, 2.45) is 0 Å². The Labute approximate surface area is 200 Å². The number of amides is 1. The average Bonchev–Trinajstić information content (AvgIpc) is 3.55. The number of nitrogens with one attached hydrogen (secondary N) is 1. The fourth-order valence-electron chi connectivity index (χ4n) is 4.45. The lowest BCUT2D eigenvalue weighted by atomic mass is 9.94. The summed E-state index contributed by atoms with van der Waals surface area (Å²) in [7, 11) is 4.81. The number of anilines is 1. The van der Waals surface area contributed by atoms with Crippen molar-refractivity contribution >= 4 is 11.6 Å². The van der Waals surface area contributed by atoms with E-state index >= 15 is 0 Å². The van der Waals surface area contributed by atoms with Crippen LogP contribution in [0, 0.1) is 6.92 Å². The molecule has 5 rings (SSSR count). The van der Waals surface area contributed by atoms with Gasteiger partial charge < -0.3 is 29.0 Å². The van der Waals surface area contributed by atoms with E-state index in [-0.39, 0.29) is 14.1 Å². The van der Waals surface area contributed by atoms with Gasteiger partial charge in [-0.3, -0.25) is 4.79 Å². The van der Waals surface area contributed by atoms with Gasteiger partial charge in [0.25, 0.3) is 0 Å². The Hall–Kier alpha value is -3.87. The number of carbonyl (C=O) groups is 1. The second-order valence-corrected chi connectivity index (χ2v) is 8.54. The molecule has 0 saturated heterocycles. The van der Waals surface area contributed by atoms with Gasteiger partial charge in [0, 0.05) is 18.7 Å². The molecule has 178 valence electrons. The third-order valence-electron chi connectivity index (χ3n) is 6.60. The number of carbonyl (C=O) groups excluding carboxylic acids is 1. The number of aryl methyl sites for hydroxylation is 1. The highest BCUT2D eigenvalue weighted by atomic mass is 16.7. The van der Waals surface area contributed by atoms with Crippen LogP contribution in [-0.2, 0) is 10.2 Å². The number of fused-ring (bicyclic) bond motifs is 1. The maximum Gasteiger partial charge on any atom is 0.235 e. The van der Waals surface area contributed by atoms with Gasteiger partial charge >= 0.3 is 0 Å². The normalized spacial score (nSPS) is 14.9. The van der Waals surface area contributed by atoms with E-state index < -0.39 is 5.41 Å². The molecule has 1 aliphatic carbocycles. The Morgan fingerprint density at radius 2 is 1.56 bits per heavy atom. The van der Waals surface area contributed by atoms with Gasteiger partial charge in [-0.25, -0.2) is 0 Å². The van der Waals surface area contributed by atoms with Crippen molar-refractivity contribution in [1.82, 2.24) is 0 Å². The molecule has 1 heterocycles. The van der Waals surface area contributed by atoms with Crippen LogP contribution in [0.2, 0.25) is 0 Å². The summed E-state index contributed by atoms with van der Waals surface area (Å²) in [6, 6.07) is 15.3. The predicted molar refractivity (Wildman–Crippen MR) is 130 cm³/mol. The first-order valence-corrected chi connectivity index (χ1v) is 11.1. The van der Waals surface area contributed by atoms with Crippen molar-refractivity contribution in [2.75, 3.05) is 33.4 Å². The van der Waals surface area contributed by atoms with Gasteiger partial charge in [0.2, 0.25) is 12.7 Å². The first-order valence-electron chi connectivity index (χ1n) is 11.1. The summed E-state index contributed by atoms with van der Waals surface area (Å²) in [4.78, 5) is 13.4. The van der Waals surface area contributed by atoms with Gasteiger partial charge in [0.1, 0.15) is 5.75 Å². The van der Waals surface area contributed by atoms with Crippen LogP contribution < -0.4 is 29.0 Å². The molecule has 0 atom stereocenters. The van der Waals surface area contributed by atoms with Crippen LogP contribution in [0.15, 0.2) is 48.5 Å². The minimum absolute atomic E-state index is 0. The maximum absolute atomic E-state index is 13.4. The van der Waals surface area contributed by atoms with Crippen LogP contribution in [0.4, 0.5) is 5.69 Å². The van der Waals surface area contributed by atoms with Gasteiger partial charge in [-0.2, -0.15) is 0 Å². The molecule has 1 amide bonds. The number of hydrogen-bond acceptors (Lipinski definition) is 6. The van der Waals surface area contributed by atoms with Crippen molar-refractivity contribution in [3.05, 3.63) is 59.7 Å². The van der Waals surface area contributed by atoms with E-state index in [0.717, 1.165) is 40.8 Å². The molecule has 1 aliphatic heterocycles. The van der Waals surface area contributed by atoms with E-state index in [4.69, 9.17) is 23.7 Å². The summed E-state index contributed by atoms with van der Waals surface area (Å²) in [6.07, 6.45) is 1.58. The highest BCUT2D eigenvalue weighted by molar-refractivity contribution is 6.02. The number of methoxy groups -OCH3 is 3. The molecule has 1 N–H and O–H groups in total. The molecule has 1 saturated carbocycles. The molecular formula is C27H29NO6. The first kappa shape index (κ1) is 21.9. The number of benzene rings is 3. The van der Waals surface area contributed by atoms with E-state index in [2.05, 4.69) is 5.32 Å². The summed E-state index contributed by atoms with van der Waals surface area (Å²) in [6.45, 7) is 2.23. The SMILES string of the molecule is COc1cc(OC)c(-c2cc(NC(=O)C3(c4ccc5c(c4)OCO5)CC3)ccc2C)cc1OC.[HH]. The predicted octanol–water partition coefficient (Wildman–Crippen LogP) is 5.33. The van der Waals surface area contributed by atoms with E-state index in [9.17, 15) is 4.79 Å². The zero-order valence-electron chi connectivity index (χ0n) is 19.7. The Kier molecular flexibility index (Phi) is 5.48. The van der Waals surface area contributed by atoms with E-state index in [1.54, 1.807) is 27.4 Å². The Balaban J connectivity index is 0.00000289. The third-order valence-corrected chi connectivity index (χ3v) is 6.60. The van der Waals surface area contributed by atoms with Gasteiger partial charge in [-0.1, -0.05) is 12.1 Å². The molecule has 0 unspecified atom stereocenters. The Morgan fingerprint density at radius 1 is 0.853 bits per heavy atom. The zero-order valence-corrected chi connectivity index (χ0v) is 19.7. The monoisotopic (exact) mass is 463 g/mol. The smallest absolute Gasteiger partial charge is 0.235 e. The Bertz CT molecular complexity index is 1270. The zero-order chi connectivity index (χ0) is 23.9. The molecule has 34 heavy (non-hydrogen) atoms. The molecular weight excluding hydrogens is 434 g/mol. The van der Waals surface area contributed by atoms with Crippen molar-refractivity contribution in [1.29, 1.82) is 0 Å². The second-order valence-electron chi connectivity index (χ2n) is 8.54. The van der Waals surface area contributed by atoms with Crippen LogP contribution >= 0.6 is 0 Å². The largest absolute Gasteiger partial charge is 0.496 e. The van der Waals surface area contributed by atoms with Crippen molar-refractivity contribution in [3.8, 4) is 39.9 Å². The van der Waals surface area contributed by atoms with E-state index in [0.29, 0.717) is 28.7 Å². The van der Waals surface area contributed by atoms with Gasteiger partial charge in [-0.15, -0.1) is 0 Å². The number of rotatable bonds is 7. The van der Waals surface area contributed by atoms with Crippen molar-refractivity contribution in [2.45, 2.75) is 25.2 Å². The van der Waals surface area contributed by atoms with Crippen LogP contribution in [0.5, 0.6) is 28.7 Å². The summed E-state index contributed by atoms with van der Waals surface area (Å²) < 4.78 is 27.5. The van der Waals surface area contributed by atoms with Gasteiger partial charge in [0.15, 0.2) is 23.0 Å². The van der Waals surface area contributed by atoms with E-state index in [1.165, 1.54) is 0 Å². The fraction of sp³-hybridized carbons (Fsp3) is 0.296. The molecule has 0 radical (unpaired) electrons. The molecule has 2 aliphatic rings. The lowest BCUT2D eigenvalue weighted by Gasteiger charge is -2.19. The fourth-order valence-corrected chi connectivity index (χ4v) is 4.45. The molecule has 7 heteroatoms. The molecule has 0 aromatic heterocycles. The quantitative estimate of drug-likeness (QED) is 0.510. The van der Waals surface area contributed by atoms with Gasteiger partial charge in [0.05, 0.1) is 26.7 Å². The minimum atomic E-state index is -0.549. The lowest BCUT2D eigenvalue weighted by molar-refractivity contribution is -0.118. The highest BCUT2D eigenvalue weighted by Crippen LogP contribution is 2.51. The van der Waals surface area contributed by atoms with Crippen LogP contribution in [0.1, 0.15) is 25.4 Å². The lowest BCUT2D eigenvalue weighted by Crippen LogP contribution is -2.27. The van der Waals surface area contributed by atoms with Crippen LogP contribution in [-0.4, -0.2) is 34.0 Å². The summed E-state index contributed by atoms with van der Waals surface area (Å²) >= 11 is 0. The third kappa shape index (κ3) is 3.67. The molecule has 7 nitrogen and oxygen atoms in total. The summed E-state index contributed by atoms with van der Waals surface area (Å²) in [5.41, 5.74) is 3.94. The van der Waals surface area contributed by atoms with Crippen LogP contribution in [0.3, 0.4) is 0 Å². The second kappa shape index (κ2) is 8.48. The molecule has 0 bridgehead atoms. The molecule has 0 spiro atoms. The van der Waals surface area contributed by atoms with Gasteiger partial charge in [-0.05, 0) is 66.8 Å². The Morgan fingerprint density at radius 3 is 2.26 bits per heavy atom. The minimum Gasteiger partial charge on any atom is -0.496 e. The number of ether oxygens (including phenoxy) is 5.